The quantitative estimate of drug-likeness (QED) is 0.758. The van der Waals surface area contributed by atoms with Gasteiger partial charge in [-0.1, -0.05) is 18.2 Å². The van der Waals surface area contributed by atoms with Crippen LogP contribution >= 0.6 is 0 Å². The molecule has 3 heterocycles. The van der Waals surface area contributed by atoms with E-state index < -0.39 is 0 Å². The Labute approximate surface area is 176 Å². The molecule has 7 nitrogen and oxygen atoms in total. The lowest BCUT2D eigenvalue weighted by molar-refractivity contribution is -0.137. The molecule has 1 aromatic heterocycles. The molecule has 30 heavy (non-hydrogen) atoms. The highest BCUT2D eigenvalue weighted by atomic mass is 16.2. The predicted octanol–water partition coefficient (Wildman–Crippen LogP) is 1.65. The minimum atomic E-state index is -0.258. The Bertz CT molecular complexity index is 930. The summed E-state index contributed by atoms with van der Waals surface area (Å²) in [6.07, 6.45) is 2.01. The number of amides is 2. The van der Waals surface area contributed by atoms with Gasteiger partial charge >= 0.3 is 0 Å². The average Bonchev–Trinajstić information content (AvgIpc) is 3.15. The summed E-state index contributed by atoms with van der Waals surface area (Å²) in [4.78, 5) is 35.6. The van der Waals surface area contributed by atoms with Gasteiger partial charge in [0.05, 0.1) is 29.8 Å². The van der Waals surface area contributed by atoms with Crippen LogP contribution in [0.25, 0.3) is 0 Å². The van der Waals surface area contributed by atoms with E-state index in [1.54, 1.807) is 11.1 Å². The van der Waals surface area contributed by atoms with Crippen molar-refractivity contribution in [3.05, 3.63) is 65.5 Å². The highest BCUT2D eigenvalue weighted by Crippen LogP contribution is 2.22. The van der Waals surface area contributed by atoms with Crippen LogP contribution in [-0.2, 0) is 22.7 Å². The highest BCUT2D eigenvalue weighted by molar-refractivity contribution is 5.89. The molecule has 4 rings (SSSR count). The van der Waals surface area contributed by atoms with E-state index in [0.717, 1.165) is 25.3 Å². The Kier molecular flexibility index (Phi) is 6.05. The zero-order valence-electron chi connectivity index (χ0n) is 16.9. The third-order valence-electron chi connectivity index (χ3n) is 5.82. The smallest absolute Gasteiger partial charge is 0.228 e. The van der Waals surface area contributed by atoms with E-state index in [1.165, 1.54) is 5.56 Å². The molecule has 2 fully saturated rings. The minimum absolute atomic E-state index is 0.0263. The van der Waals surface area contributed by atoms with Gasteiger partial charge in [0, 0.05) is 51.9 Å². The number of carbonyl (C=O) groups is 2. The van der Waals surface area contributed by atoms with Crippen LogP contribution in [0, 0.1) is 17.2 Å². The van der Waals surface area contributed by atoms with Crippen LogP contribution in [0.15, 0.2) is 48.7 Å². The van der Waals surface area contributed by atoms with Gasteiger partial charge in [-0.3, -0.25) is 19.5 Å². The second-order valence-electron chi connectivity index (χ2n) is 7.91. The van der Waals surface area contributed by atoms with Crippen molar-refractivity contribution in [2.24, 2.45) is 5.92 Å². The average molecular weight is 403 g/mol. The summed E-state index contributed by atoms with van der Waals surface area (Å²) in [6, 6.07) is 15.4. The molecule has 0 N–H and O–H groups in total. The van der Waals surface area contributed by atoms with Crippen molar-refractivity contribution in [1.29, 1.82) is 5.26 Å². The largest absolute Gasteiger partial charge is 0.340 e. The molecule has 0 spiro atoms. The van der Waals surface area contributed by atoms with Gasteiger partial charge in [0.15, 0.2) is 0 Å². The van der Waals surface area contributed by atoms with Gasteiger partial charge in [-0.15, -0.1) is 0 Å². The minimum Gasteiger partial charge on any atom is -0.340 e. The number of likely N-dealkylation sites (tertiary alicyclic amines) is 1. The first-order valence-corrected chi connectivity index (χ1v) is 10.3. The number of benzene rings is 1. The molecule has 2 aliphatic rings. The van der Waals surface area contributed by atoms with Gasteiger partial charge in [-0.25, -0.2) is 0 Å². The molecule has 1 aromatic carbocycles. The first kappa shape index (κ1) is 20.0. The van der Waals surface area contributed by atoms with Crippen molar-refractivity contribution in [1.82, 2.24) is 19.7 Å². The summed E-state index contributed by atoms with van der Waals surface area (Å²) < 4.78 is 0. The van der Waals surface area contributed by atoms with Crippen molar-refractivity contribution in [3.8, 4) is 6.07 Å². The summed E-state index contributed by atoms with van der Waals surface area (Å²) in [6.45, 7) is 4.73. The number of hydrogen-bond donors (Lipinski definition) is 0. The number of hydrogen-bond acceptors (Lipinski definition) is 5. The number of nitriles is 1. The van der Waals surface area contributed by atoms with E-state index in [0.29, 0.717) is 31.7 Å². The van der Waals surface area contributed by atoms with Crippen LogP contribution in [0.5, 0.6) is 0 Å². The third-order valence-corrected chi connectivity index (χ3v) is 5.82. The molecule has 2 aliphatic heterocycles. The van der Waals surface area contributed by atoms with Crippen LogP contribution in [0.4, 0.5) is 0 Å². The van der Waals surface area contributed by atoms with Gasteiger partial charge in [0.1, 0.15) is 0 Å². The summed E-state index contributed by atoms with van der Waals surface area (Å²) in [5.41, 5.74) is 2.67. The van der Waals surface area contributed by atoms with Gasteiger partial charge in [0.25, 0.3) is 0 Å². The number of piperazine rings is 1. The number of aromatic nitrogens is 1. The molecule has 1 unspecified atom stereocenters. The van der Waals surface area contributed by atoms with Gasteiger partial charge in [-0.05, 0) is 29.8 Å². The summed E-state index contributed by atoms with van der Waals surface area (Å²) >= 11 is 0. The van der Waals surface area contributed by atoms with Crippen LogP contribution in [0.1, 0.15) is 23.2 Å². The molecular formula is C23H25N5O2. The number of nitrogens with zero attached hydrogens (tertiary/aromatic N) is 5. The van der Waals surface area contributed by atoms with E-state index in [2.05, 4.69) is 16.0 Å². The maximum absolute atomic E-state index is 13.0. The van der Waals surface area contributed by atoms with Crippen LogP contribution in [0.2, 0.25) is 0 Å². The second-order valence-corrected chi connectivity index (χ2v) is 7.91. The Morgan fingerprint density at radius 3 is 2.50 bits per heavy atom. The topological polar surface area (TPSA) is 80.5 Å². The van der Waals surface area contributed by atoms with Crippen molar-refractivity contribution >= 4 is 11.8 Å². The first-order chi connectivity index (χ1) is 14.6. The van der Waals surface area contributed by atoms with Crippen LogP contribution < -0.4 is 0 Å². The molecule has 0 saturated carbocycles. The lowest BCUT2D eigenvalue weighted by Gasteiger charge is -2.36. The standard InChI is InChI=1S/C23H25N5O2/c24-14-18-4-6-19(7-5-18)15-26-9-11-27(12-10-26)23(30)20-13-22(29)28(16-20)17-21-3-1-2-8-25-21/h1-8,20H,9-13,15-17H2. The molecule has 154 valence electrons. The van der Waals surface area contributed by atoms with Crippen molar-refractivity contribution in [2.75, 3.05) is 32.7 Å². The SMILES string of the molecule is N#Cc1ccc(CN2CCN(C(=O)C3CC(=O)N(Cc4ccccn4)C3)CC2)cc1. The lowest BCUT2D eigenvalue weighted by atomic mass is 10.1. The Morgan fingerprint density at radius 2 is 1.83 bits per heavy atom. The lowest BCUT2D eigenvalue weighted by Crippen LogP contribution is -2.50. The molecule has 7 heteroatoms. The molecule has 0 aliphatic carbocycles. The van der Waals surface area contributed by atoms with Crippen LogP contribution in [0.3, 0.4) is 0 Å². The maximum atomic E-state index is 13.0. The molecule has 1 atom stereocenters. The zero-order valence-corrected chi connectivity index (χ0v) is 16.9. The van der Waals surface area contributed by atoms with E-state index in [1.807, 2.05) is 47.4 Å². The summed E-state index contributed by atoms with van der Waals surface area (Å²) in [5, 5.41) is 8.90. The van der Waals surface area contributed by atoms with E-state index in [9.17, 15) is 9.59 Å². The number of rotatable bonds is 5. The zero-order chi connectivity index (χ0) is 20.9. The summed E-state index contributed by atoms with van der Waals surface area (Å²) in [7, 11) is 0. The van der Waals surface area contributed by atoms with Gasteiger partial charge < -0.3 is 9.80 Å². The van der Waals surface area contributed by atoms with Crippen molar-refractivity contribution < 1.29 is 9.59 Å². The summed E-state index contributed by atoms with van der Waals surface area (Å²) in [5.74, 6) is -0.144. The molecule has 0 radical (unpaired) electrons. The Hall–Kier alpha value is -3.24. The van der Waals surface area contributed by atoms with Crippen molar-refractivity contribution in [2.45, 2.75) is 19.5 Å². The molecular weight excluding hydrogens is 378 g/mol. The highest BCUT2D eigenvalue weighted by Gasteiger charge is 2.37. The van der Waals surface area contributed by atoms with E-state index >= 15 is 0 Å². The third kappa shape index (κ3) is 4.66. The first-order valence-electron chi connectivity index (χ1n) is 10.3. The van der Waals surface area contributed by atoms with Gasteiger partial charge in [0.2, 0.25) is 11.8 Å². The van der Waals surface area contributed by atoms with Crippen molar-refractivity contribution in [3.63, 3.8) is 0 Å². The maximum Gasteiger partial charge on any atom is 0.228 e. The molecule has 2 saturated heterocycles. The fourth-order valence-electron chi connectivity index (χ4n) is 4.11. The monoisotopic (exact) mass is 403 g/mol. The Balaban J connectivity index is 1.27. The van der Waals surface area contributed by atoms with E-state index in [4.69, 9.17) is 5.26 Å². The Morgan fingerprint density at radius 1 is 1.07 bits per heavy atom. The fourth-order valence-corrected chi connectivity index (χ4v) is 4.11. The number of carbonyl (C=O) groups excluding carboxylic acids is 2. The molecule has 0 bridgehead atoms. The number of pyridine rings is 1. The molecule has 2 aromatic rings. The van der Waals surface area contributed by atoms with Gasteiger partial charge in [-0.2, -0.15) is 5.26 Å². The van der Waals surface area contributed by atoms with Crippen LogP contribution in [-0.4, -0.2) is 64.2 Å². The second kappa shape index (κ2) is 9.06. The van der Waals surface area contributed by atoms with E-state index in [-0.39, 0.29) is 24.2 Å². The normalized spacial score (nSPS) is 19.7. The fraction of sp³-hybridized carbons (Fsp3) is 0.391. The molecule has 2 amide bonds. The predicted molar refractivity (Wildman–Crippen MR) is 111 cm³/mol.